The second kappa shape index (κ2) is 8.66. The molecule has 2 aliphatic rings. The molecule has 164 valence electrons. The number of anilines is 2. The molecular formula is C24H24N4O4. The quantitative estimate of drug-likeness (QED) is 0.726. The maximum absolute atomic E-state index is 13.0. The van der Waals surface area contributed by atoms with Crippen LogP contribution in [0.25, 0.3) is 0 Å². The van der Waals surface area contributed by atoms with Crippen LogP contribution in [0.2, 0.25) is 0 Å². The first-order chi connectivity index (χ1) is 15.3. The topological polar surface area (TPSA) is 98.8 Å². The van der Waals surface area contributed by atoms with Crippen LogP contribution in [0.4, 0.5) is 11.4 Å². The molecule has 0 saturated carbocycles. The third kappa shape index (κ3) is 4.12. The van der Waals surface area contributed by atoms with Crippen LogP contribution < -0.4 is 15.8 Å². The van der Waals surface area contributed by atoms with Gasteiger partial charge in [0.05, 0.1) is 17.5 Å². The number of hydrazine groups is 1. The summed E-state index contributed by atoms with van der Waals surface area (Å²) in [7, 11) is 3.32. The van der Waals surface area contributed by atoms with Crippen LogP contribution in [0, 0.1) is 11.8 Å². The molecule has 0 spiro atoms. The molecule has 1 saturated heterocycles. The molecule has 0 bridgehead atoms. The zero-order chi connectivity index (χ0) is 22.8. The van der Waals surface area contributed by atoms with E-state index in [1.54, 1.807) is 62.6 Å². The molecule has 2 N–H and O–H groups in total. The summed E-state index contributed by atoms with van der Waals surface area (Å²) < 4.78 is 0. The summed E-state index contributed by atoms with van der Waals surface area (Å²) in [5.74, 6) is -1.70. The molecule has 1 fully saturated rings. The van der Waals surface area contributed by atoms with E-state index in [4.69, 9.17) is 0 Å². The van der Waals surface area contributed by atoms with Crippen molar-refractivity contribution in [1.29, 1.82) is 0 Å². The summed E-state index contributed by atoms with van der Waals surface area (Å²) in [5, 5.41) is 4.01. The monoisotopic (exact) mass is 432 g/mol. The molecular weight excluding hydrogens is 408 g/mol. The van der Waals surface area contributed by atoms with Crippen molar-refractivity contribution in [2.24, 2.45) is 11.8 Å². The van der Waals surface area contributed by atoms with Crippen LogP contribution in [-0.2, 0) is 9.59 Å². The van der Waals surface area contributed by atoms with Gasteiger partial charge in [-0.1, -0.05) is 24.3 Å². The van der Waals surface area contributed by atoms with Crippen LogP contribution in [0.5, 0.6) is 0 Å². The highest BCUT2D eigenvalue weighted by Crippen LogP contribution is 2.32. The molecule has 8 heteroatoms. The highest BCUT2D eigenvalue weighted by atomic mass is 16.2. The van der Waals surface area contributed by atoms with Gasteiger partial charge in [-0.15, -0.1) is 0 Å². The van der Waals surface area contributed by atoms with Gasteiger partial charge in [-0.3, -0.25) is 24.6 Å². The SMILES string of the molecule is CN(C)C(=O)c1cccc(NC(=O)c2cccc(N3NC(=O)C4CC=CCC4C3=O)c2)c1. The Morgan fingerprint density at radius 1 is 0.969 bits per heavy atom. The number of amides is 4. The van der Waals surface area contributed by atoms with E-state index in [2.05, 4.69) is 10.7 Å². The number of hydrogen-bond donors (Lipinski definition) is 2. The minimum absolute atomic E-state index is 0.168. The van der Waals surface area contributed by atoms with Gasteiger partial charge in [0.15, 0.2) is 0 Å². The number of allylic oxidation sites excluding steroid dienone is 2. The minimum atomic E-state index is -0.400. The minimum Gasteiger partial charge on any atom is -0.345 e. The van der Waals surface area contributed by atoms with Gasteiger partial charge in [-0.2, -0.15) is 0 Å². The third-order valence-electron chi connectivity index (χ3n) is 5.67. The highest BCUT2D eigenvalue weighted by Gasteiger charge is 2.42. The first-order valence-electron chi connectivity index (χ1n) is 10.4. The van der Waals surface area contributed by atoms with Crippen LogP contribution in [0.1, 0.15) is 33.6 Å². The first-order valence-corrected chi connectivity index (χ1v) is 10.4. The van der Waals surface area contributed by atoms with Crippen molar-refractivity contribution >= 4 is 35.0 Å². The van der Waals surface area contributed by atoms with E-state index in [9.17, 15) is 19.2 Å². The van der Waals surface area contributed by atoms with Gasteiger partial charge in [0, 0.05) is 30.9 Å². The lowest BCUT2D eigenvalue weighted by Gasteiger charge is -2.38. The highest BCUT2D eigenvalue weighted by molar-refractivity contribution is 6.08. The summed E-state index contributed by atoms with van der Waals surface area (Å²) in [6.07, 6.45) is 4.92. The molecule has 0 radical (unpaired) electrons. The van der Waals surface area contributed by atoms with Crippen molar-refractivity contribution in [1.82, 2.24) is 10.3 Å². The smallest absolute Gasteiger partial charge is 0.255 e. The van der Waals surface area contributed by atoms with E-state index in [1.807, 2.05) is 12.2 Å². The fourth-order valence-electron chi connectivity index (χ4n) is 3.96. The molecule has 2 aromatic rings. The van der Waals surface area contributed by atoms with E-state index >= 15 is 0 Å². The predicted molar refractivity (Wildman–Crippen MR) is 120 cm³/mol. The van der Waals surface area contributed by atoms with E-state index in [1.165, 1.54) is 9.91 Å². The largest absolute Gasteiger partial charge is 0.345 e. The van der Waals surface area contributed by atoms with Gasteiger partial charge in [-0.05, 0) is 49.2 Å². The number of hydrogen-bond acceptors (Lipinski definition) is 4. The zero-order valence-electron chi connectivity index (χ0n) is 17.9. The zero-order valence-corrected chi connectivity index (χ0v) is 17.9. The Morgan fingerprint density at radius 3 is 2.41 bits per heavy atom. The second-order valence-electron chi connectivity index (χ2n) is 8.09. The van der Waals surface area contributed by atoms with Crippen molar-refractivity contribution in [3.8, 4) is 0 Å². The van der Waals surface area contributed by atoms with E-state index in [0.29, 0.717) is 35.3 Å². The second-order valence-corrected chi connectivity index (χ2v) is 8.09. The van der Waals surface area contributed by atoms with E-state index in [-0.39, 0.29) is 23.6 Å². The summed E-state index contributed by atoms with van der Waals surface area (Å²) in [5.41, 5.74) is 4.34. The fourth-order valence-corrected chi connectivity index (χ4v) is 3.96. The number of fused-ring (bicyclic) bond motifs is 1. The average Bonchev–Trinajstić information content (AvgIpc) is 2.81. The van der Waals surface area contributed by atoms with Crippen molar-refractivity contribution in [2.45, 2.75) is 12.8 Å². The maximum Gasteiger partial charge on any atom is 0.255 e. The average molecular weight is 432 g/mol. The Bertz CT molecular complexity index is 1120. The molecule has 2 atom stereocenters. The number of carbonyl (C=O) groups excluding carboxylic acids is 4. The van der Waals surface area contributed by atoms with Crippen molar-refractivity contribution in [3.05, 3.63) is 71.8 Å². The van der Waals surface area contributed by atoms with Gasteiger partial charge in [0.1, 0.15) is 0 Å². The van der Waals surface area contributed by atoms with Gasteiger partial charge >= 0.3 is 0 Å². The van der Waals surface area contributed by atoms with Gasteiger partial charge in [-0.25, -0.2) is 5.01 Å². The van der Waals surface area contributed by atoms with Crippen LogP contribution in [0.3, 0.4) is 0 Å². The molecule has 0 aromatic heterocycles. The third-order valence-corrected chi connectivity index (χ3v) is 5.67. The lowest BCUT2D eigenvalue weighted by molar-refractivity contribution is -0.139. The Balaban J connectivity index is 1.53. The number of benzene rings is 2. The number of nitrogens with one attached hydrogen (secondary N) is 2. The summed E-state index contributed by atoms with van der Waals surface area (Å²) in [6, 6.07) is 13.2. The summed E-state index contributed by atoms with van der Waals surface area (Å²) in [6.45, 7) is 0. The normalized spacial score (nSPS) is 19.8. The molecule has 2 unspecified atom stereocenters. The summed E-state index contributed by atoms with van der Waals surface area (Å²) in [4.78, 5) is 51.9. The first kappa shape index (κ1) is 21.3. The lowest BCUT2D eigenvalue weighted by atomic mass is 9.80. The van der Waals surface area contributed by atoms with Gasteiger partial charge in [0.2, 0.25) is 11.8 Å². The number of carbonyl (C=O) groups is 4. The van der Waals surface area contributed by atoms with Crippen molar-refractivity contribution < 1.29 is 19.2 Å². The molecule has 4 rings (SSSR count). The standard InChI is InChI=1S/C24H24N4O4/c1-27(2)23(31)16-8-5-9-17(13-16)25-21(29)15-7-6-10-18(14-15)28-24(32)20-12-4-3-11-19(20)22(30)26-28/h3-10,13-14,19-20H,11-12H2,1-2H3,(H,25,29)(H,26,30). The molecule has 8 nitrogen and oxygen atoms in total. The Labute approximate surface area is 185 Å². The molecule has 1 aliphatic carbocycles. The van der Waals surface area contributed by atoms with Gasteiger partial charge < -0.3 is 10.2 Å². The number of rotatable bonds is 4. The van der Waals surface area contributed by atoms with E-state index < -0.39 is 11.8 Å². The Hall–Kier alpha value is -3.94. The van der Waals surface area contributed by atoms with Crippen LogP contribution in [-0.4, -0.2) is 42.6 Å². The maximum atomic E-state index is 13.0. The Morgan fingerprint density at radius 2 is 1.66 bits per heavy atom. The number of nitrogens with zero attached hydrogens (tertiary/aromatic N) is 2. The molecule has 32 heavy (non-hydrogen) atoms. The fraction of sp³-hybridized carbons (Fsp3) is 0.250. The van der Waals surface area contributed by atoms with Gasteiger partial charge in [0.25, 0.3) is 11.8 Å². The lowest BCUT2D eigenvalue weighted by Crippen LogP contribution is -2.59. The van der Waals surface area contributed by atoms with Crippen molar-refractivity contribution in [3.63, 3.8) is 0 Å². The molecule has 1 aliphatic heterocycles. The molecule has 1 heterocycles. The van der Waals surface area contributed by atoms with Crippen LogP contribution in [0.15, 0.2) is 60.7 Å². The Kier molecular flexibility index (Phi) is 5.77. The van der Waals surface area contributed by atoms with E-state index in [0.717, 1.165) is 0 Å². The summed E-state index contributed by atoms with van der Waals surface area (Å²) >= 11 is 0. The molecule has 2 aromatic carbocycles. The van der Waals surface area contributed by atoms with Crippen molar-refractivity contribution in [2.75, 3.05) is 24.4 Å². The predicted octanol–water partition coefficient (Wildman–Crippen LogP) is 2.60. The molecule has 4 amide bonds. The van der Waals surface area contributed by atoms with Crippen LogP contribution >= 0.6 is 0 Å².